The van der Waals surface area contributed by atoms with E-state index >= 15 is 0 Å². The molecule has 1 fully saturated rings. The molecule has 0 spiro atoms. The predicted molar refractivity (Wildman–Crippen MR) is 146 cm³/mol. The van der Waals surface area contributed by atoms with E-state index in [1.54, 1.807) is 35.2 Å². The molecule has 0 aliphatic carbocycles. The Kier molecular flexibility index (Phi) is 7.97. The third-order valence-electron chi connectivity index (χ3n) is 6.66. The van der Waals surface area contributed by atoms with Crippen LogP contribution in [0.1, 0.15) is 28.7 Å². The lowest BCUT2D eigenvalue weighted by Crippen LogP contribution is -2.28. The number of esters is 1. The van der Waals surface area contributed by atoms with Crippen LogP contribution in [0.5, 0.6) is 11.5 Å². The summed E-state index contributed by atoms with van der Waals surface area (Å²) in [5.41, 5.74) is 5.62. The van der Waals surface area contributed by atoms with Crippen molar-refractivity contribution in [1.29, 1.82) is 0 Å². The Hall–Kier alpha value is -3.65. The second-order valence-electron chi connectivity index (χ2n) is 9.25. The average Bonchev–Trinajstić information content (AvgIpc) is 3.27. The van der Waals surface area contributed by atoms with Crippen molar-refractivity contribution in [3.63, 3.8) is 0 Å². The van der Waals surface area contributed by atoms with Crippen LogP contribution in [0.2, 0.25) is 0 Å². The largest absolute Gasteiger partial charge is 0.457 e. The number of anilines is 2. The van der Waals surface area contributed by atoms with E-state index in [2.05, 4.69) is 21.2 Å². The fourth-order valence-corrected chi connectivity index (χ4v) is 4.52. The average molecular weight is 565 g/mol. The molecule has 0 saturated carbocycles. The van der Waals surface area contributed by atoms with Crippen molar-refractivity contribution in [2.24, 2.45) is 5.92 Å². The van der Waals surface area contributed by atoms with Crippen LogP contribution in [-0.2, 0) is 19.1 Å². The highest BCUT2D eigenvalue weighted by atomic mass is 79.9. The van der Waals surface area contributed by atoms with Crippen LogP contribution >= 0.6 is 15.9 Å². The Morgan fingerprint density at radius 2 is 1.65 bits per heavy atom. The van der Waals surface area contributed by atoms with E-state index < -0.39 is 24.4 Å². The van der Waals surface area contributed by atoms with E-state index in [0.29, 0.717) is 17.1 Å². The molecule has 3 aromatic rings. The normalized spacial score (nSPS) is 15.0. The number of amides is 2. The molecule has 4 rings (SSSR count). The van der Waals surface area contributed by atoms with Crippen molar-refractivity contribution in [2.75, 3.05) is 23.4 Å². The first-order chi connectivity index (χ1) is 17.6. The van der Waals surface area contributed by atoms with E-state index in [1.165, 1.54) is 5.56 Å². The van der Waals surface area contributed by atoms with E-state index in [1.807, 2.05) is 52.0 Å². The van der Waals surface area contributed by atoms with Crippen molar-refractivity contribution >= 4 is 45.1 Å². The number of hydrogen-bond acceptors (Lipinski definition) is 5. The van der Waals surface area contributed by atoms with Gasteiger partial charge < -0.3 is 19.7 Å². The monoisotopic (exact) mass is 564 g/mol. The van der Waals surface area contributed by atoms with Crippen LogP contribution in [0, 0.1) is 33.6 Å². The maximum Gasteiger partial charge on any atom is 0.311 e. The lowest BCUT2D eigenvalue weighted by Gasteiger charge is -2.17. The number of halogens is 1. The van der Waals surface area contributed by atoms with Crippen LogP contribution in [0.15, 0.2) is 59.1 Å². The molecular weight excluding hydrogens is 536 g/mol. The van der Waals surface area contributed by atoms with E-state index in [4.69, 9.17) is 9.47 Å². The van der Waals surface area contributed by atoms with Gasteiger partial charge in [0.15, 0.2) is 6.61 Å². The molecule has 192 valence electrons. The fraction of sp³-hybridized carbons (Fsp3) is 0.276. The number of nitrogens with one attached hydrogen (secondary N) is 1. The van der Waals surface area contributed by atoms with Crippen LogP contribution in [0.3, 0.4) is 0 Å². The number of benzene rings is 3. The minimum absolute atomic E-state index is 0.0341. The van der Waals surface area contributed by atoms with Gasteiger partial charge in [-0.2, -0.15) is 0 Å². The van der Waals surface area contributed by atoms with Gasteiger partial charge in [-0.25, -0.2) is 0 Å². The summed E-state index contributed by atoms with van der Waals surface area (Å²) in [5, 5.41) is 2.77. The first-order valence-corrected chi connectivity index (χ1v) is 12.8. The molecule has 1 aliphatic rings. The van der Waals surface area contributed by atoms with Crippen LogP contribution < -0.4 is 15.0 Å². The van der Waals surface area contributed by atoms with Crippen molar-refractivity contribution < 1.29 is 23.9 Å². The Morgan fingerprint density at radius 3 is 2.35 bits per heavy atom. The van der Waals surface area contributed by atoms with Gasteiger partial charge in [0.2, 0.25) is 5.91 Å². The molecule has 1 atom stereocenters. The third-order valence-corrected chi connectivity index (χ3v) is 7.52. The molecule has 3 aromatic carbocycles. The van der Waals surface area contributed by atoms with E-state index in [-0.39, 0.29) is 18.9 Å². The molecule has 1 aliphatic heterocycles. The summed E-state index contributed by atoms with van der Waals surface area (Å²) < 4.78 is 12.1. The van der Waals surface area contributed by atoms with Gasteiger partial charge in [0.1, 0.15) is 11.5 Å². The van der Waals surface area contributed by atoms with Gasteiger partial charge in [-0.05, 0) is 98.5 Å². The molecule has 37 heavy (non-hydrogen) atoms. The predicted octanol–water partition coefficient (Wildman–Crippen LogP) is 6.01. The zero-order valence-electron chi connectivity index (χ0n) is 21.3. The minimum atomic E-state index is -0.636. The SMILES string of the molecule is Cc1ccc(Oc2ccc(N3C[C@@H](C(=O)OCC(=O)Nc4ccc(Br)c(C)c4C)CC3=O)cc2)cc1C. The molecule has 0 radical (unpaired) electrons. The quantitative estimate of drug-likeness (QED) is 0.355. The summed E-state index contributed by atoms with van der Waals surface area (Å²) in [4.78, 5) is 39.1. The van der Waals surface area contributed by atoms with Gasteiger partial charge >= 0.3 is 5.97 Å². The number of carbonyl (C=O) groups excluding carboxylic acids is 3. The molecule has 8 heteroatoms. The van der Waals surface area contributed by atoms with Gasteiger partial charge in [-0.3, -0.25) is 14.4 Å². The number of nitrogens with zero attached hydrogens (tertiary/aromatic N) is 1. The molecule has 0 aromatic heterocycles. The van der Waals surface area contributed by atoms with Gasteiger partial charge in [0.25, 0.3) is 5.91 Å². The van der Waals surface area contributed by atoms with Gasteiger partial charge in [0.05, 0.1) is 5.92 Å². The molecule has 1 N–H and O–H groups in total. The maximum absolute atomic E-state index is 12.6. The van der Waals surface area contributed by atoms with E-state index in [9.17, 15) is 14.4 Å². The lowest BCUT2D eigenvalue weighted by atomic mass is 10.1. The van der Waals surface area contributed by atoms with Crippen molar-refractivity contribution in [3.8, 4) is 11.5 Å². The Bertz CT molecular complexity index is 1350. The Balaban J connectivity index is 1.30. The zero-order chi connectivity index (χ0) is 26.7. The van der Waals surface area contributed by atoms with Gasteiger partial charge in [-0.1, -0.05) is 22.0 Å². The zero-order valence-corrected chi connectivity index (χ0v) is 22.8. The smallest absolute Gasteiger partial charge is 0.311 e. The Morgan fingerprint density at radius 1 is 0.946 bits per heavy atom. The highest BCUT2D eigenvalue weighted by molar-refractivity contribution is 9.10. The highest BCUT2D eigenvalue weighted by Crippen LogP contribution is 2.30. The number of hydrogen-bond donors (Lipinski definition) is 1. The standard InChI is InChI=1S/C29H29BrN2O5/c1-17-5-8-24(13-18(17)2)37-23-9-6-22(7-10-23)32-15-21(14-28(32)34)29(35)36-16-27(33)31-26-12-11-25(30)19(3)20(26)4/h5-13,21H,14-16H2,1-4H3,(H,31,33)/t21-/m0/s1. The van der Waals surface area contributed by atoms with Crippen molar-refractivity contribution in [1.82, 2.24) is 0 Å². The number of rotatable bonds is 7. The second-order valence-corrected chi connectivity index (χ2v) is 10.1. The second kappa shape index (κ2) is 11.2. The summed E-state index contributed by atoms with van der Waals surface area (Å²) in [5.74, 6) is -0.413. The molecule has 1 saturated heterocycles. The summed E-state index contributed by atoms with van der Waals surface area (Å²) >= 11 is 3.46. The summed E-state index contributed by atoms with van der Waals surface area (Å²) in [6.07, 6.45) is 0.0341. The summed E-state index contributed by atoms with van der Waals surface area (Å²) in [6, 6.07) is 16.7. The molecule has 1 heterocycles. The number of aryl methyl sites for hydroxylation is 2. The van der Waals surface area contributed by atoms with Gasteiger partial charge in [0, 0.05) is 28.8 Å². The minimum Gasteiger partial charge on any atom is -0.457 e. The Labute approximate surface area is 224 Å². The molecule has 7 nitrogen and oxygen atoms in total. The fourth-order valence-electron chi connectivity index (χ4n) is 4.09. The molecule has 2 amide bonds. The van der Waals surface area contributed by atoms with Gasteiger partial charge in [-0.15, -0.1) is 0 Å². The molecular formula is C29H29BrN2O5. The van der Waals surface area contributed by atoms with E-state index in [0.717, 1.165) is 26.9 Å². The third kappa shape index (κ3) is 6.20. The number of ether oxygens (including phenoxy) is 2. The van der Waals surface area contributed by atoms with Crippen LogP contribution in [0.4, 0.5) is 11.4 Å². The van der Waals surface area contributed by atoms with Crippen molar-refractivity contribution in [3.05, 3.63) is 81.3 Å². The molecule has 0 unspecified atom stereocenters. The van der Waals surface area contributed by atoms with Crippen molar-refractivity contribution in [2.45, 2.75) is 34.1 Å². The lowest BCUT2D eigenvalue weighted by molar-refractivity contribution is -0.151. The van der Waals surface area contributed by atoms with Crippen LogP contribution in [0.25, 0.3) is 0 Å². The summed E-state index contributed by atoms with van der Waals surface area (Å²) in [7, 11) is 0. The summed E-state index contributed by atoms with van der Waals surface area (Å²) in [6.45, 7) is 7.71. The topological polar surface area (TPSA) is 84.9 Å². The molecule has 0 bridgehead atoms. The first kappa shape index (κ1) is 26.4. The highest BCUT2D eigenvalue weighted by Gasteiger charge is 2.36. The van der Waals surface area contributed by atoms with Crippen LogP contribution in [-0.4, -0.2) is 30.9 Å². The number of carbonyl (C=O) groups is 3. The first-order valence-electron chi connectivity index (χ1n) is 12.0. The maximum atomic E-state index is 12.6.